The van der Waals surface area contributed by atoms with E-state index in [0.29, 0.717) is 21.8 Å². The Morgan fingerprint density at radius 2 is 1.83 bits per heavy atom. The van der Waals surface area contributed by atoms with Crippen molar-refractivity contribution in [3.05, 3.63) is 70.4 Å². The molecule has 3 aromatic rings. The number of benzene rings is 1. The van der Waals surface area contributed by atoms with E-state index in [1.807, 2.05) is 12.1 Å². The Morgan fingerprint density at radius 3 is 2.34 bits per heavy atom. The fraction of sp³-hybridized carbons (Fsp3) is 0.105. The SMILES string of the molecule is O=C(Nc1csc(-c2ccc(CBr)cc2)c1C(=O)O)c1ccc(C(F)(F)F)nc1. The number of anilines is 1. The Labute approximate surface area is 175 Å². The second-order valence-electron chi connectivity index (χ2n) is 5.87. The smallest absolute Gasteiger partial charge is 0.433 e. The molecule has 0 aliphatic heterocycles. The van der Waals surface area contributed by atoms with Crippen LogP contribution in [-0.4, -0.2) is 22.0 Å². The zero-order valence-corrected chi connectivity index (χ0v) is 16.9. The molecule has 2 aromatic heterocycles. The molecule has 0 aliphatic rings. The maximum atomic E-state index is 12.6. The van der Waals surface area contributed by atoms with Crippen LogP contribution in [0.1, 0.15) is 32.0 Å². The zero-order chi connectivity index (χ0) is 21.2. The average molecular weight is 485 g/mol. The standard InChI is InChI=1S/C19H12BrF3N2O3S/c20-7-10-1-3-11(4-2-10)16-15(18(27)28)13(9-29-16)25-17(26)12-5-6-14(24-8-12)19(21,22)23/h1-6,8-9H,7H2,(H,25,26)(H,27,28). The minimum Gasteiger partial charge on any atom is -0.478 e. The number of hydrogen-bond donors (Lipinski definition) is 2. The predicted molar refractivity (Wildman–Crippen MR) is 107 cm³/mol. The molecule has 10 heteroatoms. The number of alkyl halides is 4. The maximum Gasteiger partial charge on any atom is 0.433 e. The van der Waals surface area contributed by atoms with Crippen LogP contribution < -0.4 is 5.32 Å². The Hall–Kier alpha value is -2.72. The highest BCUT2D eigenvalue weighted by molar-refractivity contribution is 9.08. The van der Waals surface area contributed by atoms with Gasteiger partial charge in [-0.25, -0.2) is 4.79 Å². The van der Waals surface area contributed by atoms with Gasteiger partial charge in [-0.1, -0.05) is 40.2 Å². The van der Waals surface area contributed by atoms with Crippen LogP contribution in [0, 0.1) is 0 Å². The monoisotopic (exact) mass is 484 g/mol. The summed E-state index contributed by atoms with van der Waals surface area (Å²) in [5.41, 5.74) is 0.426. The number of nitrogens with zero attached hydrogens (tertiary/aromatic N) is 1. The topological polar surface area (TPSA) is 79.3 Å². The summed E-state index contributed by atoms with van der Waals surface area (Å²) in [7, 11) is 0. The van der Waals surface area contributed by atoms with Crippen LogP contribution in [0.15, 0.2) is 48.0 Å². The molecule has 0 radical (unpaired) electrons. The number of amides is 1. The molecule has 29 heavy (non-hydrogen) atoms. The number of aromatic nitrogens is 1. The van der Waals surface area contributed by atoms with Gasteiger partial charge in [0.25, 0.3) is 5.91 Å². The Bertz CT molecular complexity index is 1050. The number of carboxylic acids is 1. The molecule has 0 aliphatic carbocycles. The van der Waals surface area contributed by atoms with E-state index in [9.17, 15) is 27.9 Å². The Kier molecular flexibility index (Phi) is 6.04. The third kappa shape index (κ3) is 4.65. The van der Waals surface area contributed by atoms with Crippen LogP contribution in [0.2, 0.25) is 0 Å². The fourth-order valence-electron chi connectivity index (χ4n) is 2.51. The fourth-order valence-corrected chi connectivity index (χ4v) is 3.88. The molecule has 0 spiro atoms. The largest absolute Gasteiger partial charge is 0.478 e. The van der Waals surface area contributed by atoms with Crippen LogP contribution in [0.5, 0.6) is 0 Å². The summed E-state index contributed by atoms with van der Waals surface area (Å²) in [5, 5.41) is 14.2. The van der Waals surface area contributed by atoms with E-state index < -0.39 is 23.7 Å². The lowest BCUT2D eigenvalue weighted by molar-refractivity contribution is -0.141. The van der Waals surface area contributed by atoms with Gasteiger partial charge in [0.2, 0.25) is 0 Å². The van der Waals surface area contributed by atoms with E-state index in [-0.39, 0.29) is 16.8 Å². The van der Waals surface area contributed by atoms with Gasteiger partial charge in [-0.2, -0.15) is 13.2 Å². The second kappa shape index (κ2) is 8.34. The van der Waals surface area contributed by atoms with Crippen LogP contribution in [-0.2, 0) is 11.5 Å². The summed E-state index contributed by atoms with van der Waals surface area (Å²) in [6, 6.07) is 8.93. The average Bonchev–Trinajstić information content (AvgIpc) is 3.11. The Morgan fingerprint density at radius 1 is 1.14 bits per heavy atom. The van der Waals surface area contributed by atoms with Gasteiger partial charge in [0.15, 0.2) is 0 Å². The van der Waals surface area contributed by atoms with Gasteiger partial charge < -0.3 is 10.4 Å². The van der Waals surface area contributed by atoms with E-state index in [0.717, 1.165) is 29.2 Å². The van der Waals surface area contributed by atoms with Gasteiger partial charge in [-0.15, -0.1) is 11.3 Å². The Balaban J connectivity index is 1.88. The molecule has 0 saturated heterocycles. The van der Waals surface area contributed by atoms with Crippen LogP contribution in [0.25, 0.3) is 10.4 Å². The van der Waals surface area contributed by atoms with Gasteiger partial charge in [-0.05, 0) is 23.3 Å². The summed E-state index contributed by atoms with van der Waals surface area (Å²) in [6.45, 7) is 0. The molecule has 1 aromatic carbocycles. The van der Waals surface area contributed by atoms with Crippen molar-refractivity contribution in [2.45, 2.75) is 11.5 Å². The molecule has 0 saturated carbocycles. The number of carbonyl (C=O) groups excluding carboxylic acids is 1. The van der Waals surface area contributed by atoms with Crippen molar-refractivity contribution in [2.24, 2.45) is 0 Å². The number of aromatic carboxylic acids is 1. The van der Waals surface area contributed by atoms with Crippen LogP contribution in [0.3, 0.4) is 0 Å². The molecule has 0 fully saturated rings. The summed E-state index contributed by atoms with van der Waals surface area (Å²) in [5.74, 6) is -1.99. The molecular weight excluding hydrogens is 473 g/mol. The first-order chi connectivity index (χ1) is 13.7. The first-order valence-corrected chi connectivity index (χ1v) is 10.1. The summed E-state index contributed by atoms with van der Waals surface area (Å²) in [6.07, 6.45) is -3.82. The number of halogens is 4. The number of carboxylic acid groups (broad SMARTS) is 1. The lowest BCUT2D eigenvalue weighted by Crippen LogP contribution is -2.15. The summed E-state index contributed by atoms with van der Waals surface area (Å²) in [4.78, 5) is 27.8. The van der Waals surface area contributed by atoms with Crippen molar-refractivity contribution in [3.8, 4) is 10.4 Å². The zero-order valence-electron chi connectivity index (χ0n) is 14.5. The van der Waals surface area contributed by atoms with E-state index in [1.54, 1.807) is 12.1 Å². The molecule has 2 N–H and O–H groups in total. The molecular formula is C19H12BrF3N2O3S. The normalized spacial score (nSPS) is 11.3. The first kappa shape index (κ1) is 21.0. The summed E-state index contributed by atoms with van der Waals surface area (Å²) >= 11 is 4.48. The van der Waals surface area contributed by atoms with Crippen molar-refractivity contribution in [1.29, 1.82) is 0 Å². The van der Waals surface area contributed by atoms with E-state index >= 15 is 0 Å². The number of carbonyl (C=O) groups is 2. The number of nitrogens with one attached hydrogen (secondary N) is 1. The van der Waals surface area contributed by atoms with E-state index in [4.69, 9.17) is 0 Å². The van der Waals surface area contributed by atoms with Gasteiger partial charge in [-0.3, -0.25) is 9.78 Å². The van der Waals surface area contributed by atoms with Crippen molar-refractivity contribution >= 4 is 44.8 Å². The van der Waals surface area contributed by atoms with E-state index in [1.165, 1.54) is 5.38 Å². The quantitative estimate of drug-likeness (QED) is 0.457. The molecule has 0 bridgehead atoms. The molecule has 1 amide bonds. The molecule has 3 rings (SSSR count). The minimum atomic E-state index is -4.61. The van der Waals surface area contributed by atoms with Crippen molar-refractivity contribution < 1.29 is 27.9 Å². The highest BCUT2D eigenvalue weighted by Crippen LogP contribution is 2.36. The van der Waals surface area contributed by atoms with Crippen LogP contribution >= 0.6 is 27.3 Å². The first-order valence-electron chi connectivity index (χ1n) is 8.05. The van der Waals surface area contributed by atoms with Gasteiger partial charge in [0.1, 0.15) is 11.3 Å². The molecule has 0 unspecified atom stereocenters. The van der Waals surface area contributed by atoms with Crippen LogP contribution in [0.4, 0.5) is 18.9 Å². The number of thiophene rings is 1. The van der Waals surface area contributed by atoms with Crippen molar-refractivity contribution in [3.63, 3.8) is 0 Å². The number of pyridine rings is 1. The molecule has 2 heterocycles. The van der Waals surface area contributed by atoms with Crippen molar-refractivity contribution in [2.75, 3.05) is 5.32 Å². The van der Waals surface area contributed by atoms with E-state index in [2.05, 4.69) is 26.2 Å². The predicted octanol–water partition coefficient (Wildman–Crippen LogP) is 5.67. The third-order valence-corrected chi connectivity index (χ3v) is 5.62. The lowest BCUT2D eigenvalue weighted by atomic mass is 10.1. The lowest BCUT2D eigenvalue weighted by Gasteiger charge is -2.08. The minimum absolute atomic E-state index is 0.0620. The van der Waals surface area contributed by atoms with Crippen molar-refractivity contribution in [1.82, 2.24) is 4.98 Å². The van der Waals surface area contributed by atoms with Gasteiger partial charge >= 0.3 is 12.1 Å². The number of hydrogen-bond acceptors (Lipinski definition) is 4. The number of rotatable bonds is 5. The highest BCUT2D eigenvalue weighted by atomic mass is 79.9. The third-order valence-electron chi connectivity index (χ3n) is 3.94. The maximum absolute atomic E-state index is 12.6. The van der Waals surface area contributed by atoms with Gasteiger partial charge in [0.05, 0.1) is 16.1 Å². The molecule has 0 atom stereocenters. The highest BCUT2D eigenvalue weighted by Gasteiger charge is 2.32. The summed E-state index contributed by atoms with van der Waals surface area (Å²) < 4.78 is 37.8. The molecule has 5 nitrogen and oxygen atoms in total. The molecule has 150 valence electrons. The second-order valence-corrected chi connectivity index (χ2v) is 7.31. The van der Waals surface area contributed by atoms with Gasteiger partial charge in [0, 0.05) is 16.9 Å².